The second kappa shape index (κ2) is 5.81. The number of benzene rings is 1. The molecule has 2 rings (SSSR count). The zero-order valence-corrected chi connectivity index (χ0v) is 12.3. The molecular weight excluding hydrogens is 274 g/mol. The van der Waals surface area contributed by atoms with Gasteiger partial charge in [-0.15, -0.1) is 0 Å². The van der Waals surface area contributed by atoms with Crippen LogP contribution in [0.1, 0.15) is 37.0 Å². The summed E-state index contributed by atoms with van der Waals surface area (Å²) in [6, 6.07) is 2.00. The van der Waals surface area contributed by atoms with Gasteiger partial charge in [-0.25, -0.2) is 4.79 Å². The summed E-state index contributed by atoms with van der Waals surface area (Å²) in [4.78, 5) is 12.2. The number of esters is 1. The van der Waals surface area contributed by atoms with Gasteiger partial charge in [0.1, 0.15) is 28.4 Å². The topological polar surface area (TPSA) is 104 Å². The molecule has 1 saturated heterocycles. The van der Waals surface area contributed by atoms with E-state index in [1.54, 1.807) is 0 Å². The molecule has 1 aliphatic rings. The zero-order chi connectivity index (χ0) is 15.6. The molecule has 0 saturated carbocycles. The van der Waals surface area contributed by atoms with Crippen LogP contribution in [0.4, 0.5) is 0 Å². The third-order valence-corrected chi connectivity index (χ3v) is 4.06. The highest BCUT2D eigenvalue weighted by molar-refractivity contribution is 5.96. The molecule has 0 unspecified atom stereocenters. The standard InChI is InChI=1S/C15H21NO5/c1-15(2,9-3-5-16-6-4-9)21-14(20)13-11(18)7-10(17)8-12(13)19/h7-9,16-19H,3-6H2,1-2H3/p+1. The lowest BCUT2D eigenvalue weighted by molar-refractivity contribution is -0.665. The fourth-order valence-corrected chi connectivity index (χ4v) is 2.80. The molecule has 0 aliphatic carbocycles. The van der Waals surface area contributed by atoms with Crippen LogP contribution in [0, 0.1) is 5.92 Å². The summed E-state index contributed by atoms with van der Waals surface area (Å²) in [5.41, 5.74) is -0.995. The van der Waals surface area contributed by atoms with E-state index in [1.807, 2.05) is 13.8 Å². The molecule has 116 valence electrons. The minimum Gasteiger partial charge on any atom is -0.508 e. The van der Waals surface area contributed by atoms with E-state index in [2.05, 4.69) is 5.32 Å². The van der Waals surface area contributed by atoms with E-state index in [9.17, 15) is 20.1 Å². The zero-order valence-electron chi connectivity index (χ0n) is 12.3. The lowest BCUT2D eigenvalue weighted by Crippen LogP contribution is -2.86. The second-order valence-corrected chi connectivity index (χ2v) is 5.99. The van der Waals surface area contributed by atoms with E-state index < -0.39 is 23.1 Å². The van der Waals surface area contributed by atoms with Crippen molar-refractivity contribution >= 4 is 5.97 Å². The summed E-state index contributed by atoms with van der Waals surface area (Å²) in [6.07, 6.45) is 1.90. The van der Waals surface area contributed by atoms with Gasteiger partial charge in [-0.3, -0.25) is 0 Å². The summed E-state index contributed by atoms with van der Waals surface area (Å²) in [5.74, 6) is -1.85. The van der Waals surface area contributed by atoms with Crippen molar-refractivity contribution in [1.82, 2.24) is 0 Å². The van der Waals surface area contributed by atoms with Crippen LogP contribution in [0.25, 0.3) is 0 Å². The number of hydrogen-bond acceptors (Lipinski definition) is 5. The first-order valence-electron chi connectivity index (χ1n) is 7.11. The van der Waals surface area contributed by atoms with Gasteiger partial charge in [0.15, 0.2) is 0 Å². The molecule has 0 aromatic heterocycles. The van der Waals surface area contributed by atoms with Crippen LogP contribution in [0.2, 0.25) is 0 Å². The van der Waals surface area contributed by atoms with Gasteiger partial charge in [-0.2, -0.15) is 0 Å². The van der Waals surface area contributed by atoms with Crippen molar-refractivity contribution in [3.8, 4) is 17.2 Å². The summed E-state index contributed by atoms with van der Waals surface area (Å²) >= 11 is 0. The summed E-state index contributed by atoms with van der Waals surface area (Å²) in [7, 11) is 0. The largest absolute Gasteiger partial charge is 0.508 e. The van der Waals surface area contributed by atoms with E-state index in [0.29, 0.717) is 0 Å². The fraction of sp³-hybridized carbons (Fsp3) is 0.533. The van der Waals surface area contributed by atoms with Gasteiger partial charge in [-0.1, -0.05) is 0 Å². The minimum atomic E-state index is -0.787. The maximum atomic E-state index is 12.2. The van der Waals surface area contributed by atoms with Gasteiger partial charge >= 0.3 is 5.97 Å². The SMILES string of the molecule is CC(C)(OC(=O)c1c(O)cc(O)cc1O)C1CC[NH2+]CC1. The van der Waals surface area contributed by atoms with Crippen molar-refractivity contribution in [1.29, 1.82) is 0 Å². The van der Waals surface area contributed by atoms with Crippen molar-refractivity contribution in [2.75, 3.05) is 13.1 Å². The first-order chi connectivity index (χ1) is 9.81. The van der Waals surface area contributed by atoms with Crippen molar-refractivity contribution in [2.45, 2.75) is 32.3 Å². The molecule has 6 nitrogen and oxygen atoms in total. The molecule has 1 aromatic carbocycles. The highest BCUT2D eigenvalue weighted by Gasteiger charge is 2.36. The Hall–Kier alpha value is -1.95. The molecule has 1 aliphatic heterocycles. The second-order valence-electron chi connectivity index (χ2n) is 5.99. The quantitative estimate of drug-likeness (QED) is 0.615. The van der Waals surface area contributed by atoms with Crippen LogP contribution in [-0.2, 0) is 4.74 Å². The van der Waals surface area contributed by atoms with Gasteiger partial charge in [0.2, 0.25) is 0 Å². The van der Waals surface area contributed by atoms with Crippen molar-refractivity contribution < 1.29 is 30.2 Å². The Morgan fingerprint density at radius 1 is 1.19 bits per heavy atom. The van der Waals surface area contributed by atoms with Crippen LogP contribution in [0.15, 0.2) is 12.1 Å². The van der Waals surface area contributed by atoms with Gasteiger partial charge < -0.3 is 25.4 Å². The third kappa shape index (κ3) is 3.39. The predicted octanol–water partition coefficient (Wildman–Crippen LogP) is 0.712. The number of phenolic OH excluding ortho intramolecular Hbond substituents is 3. The van der Waals surface area contributed by atoms with Gasteiger partial charge in [0.25, 0.3) is 0 Å². The molecule has 6 heteroatoms. The molecule has 5 N–H and O–H groups in total. The van der Waals surface area contributed by atoms with E-state index in [1.165, 1.54) is 0 Å². The minimum absolute atomic E-state index is 0.243. The smallest absolute Gasteiger partial charge is 0.346 e. The van der Waals surface area contributed by atoms with E-state index >= 15 is 0 Å². The average molecular weight is 296 g/mol. The van der Waals surface area contributed by atoms with Crippen LogP contribution >= 0.6 is 0 Å². The van der Waals surface area contributed by atoms with Crippen LogP contribution in [-0.4, -0.2) is 40.0 Å². The van der Waals surface area contributed by atoms with E-state index in [-0.39, 0.29) is 17.2 Å². The van der Waals surface area contributed by atoms with Crippen molar-refractivity contribution in [3.05, 3.63) is 17.7 Å². The molecule has 0 amide bonds. The highest BCUT2D eigenvalue weighted by atomic mass is 16.6. The molecular formula is C15H22NO5+. The Kier molecular flexibility index (Phi) is 4.27. The third-order valence-electron chi connectivity index (χ3n) is 4.06. The Morgan fingerprint density at radius 3 is 2.24 bits per heavy atom. The molecule has 21 heavy (non-hydrogen) atoms. The first-order valence-corrected chi connectivity index (χ1v) is 7.11. The van der Waals surface area contributed by atoms with Crippen molar-refractivity contribution in [3.63, 3.8) is 0 Å². The predicted molar refractivity (Wildman–Crippen MR) is 75.3 cm³/mol. The number of piperidine rings is 1. The first kappa shape index (κ1) is 15.4. The Balaban J connectivity index is 2.17. The monoisotopic (exact) mass is 296 g/mol. The lowest BCUT2D eigenvalue weighted by atomic mass is 9.83. The number of carbonyl (C=O) groups is 1. The number of phenols is 3. The maximum Gasteiger partial charge on any atom is 0.346 e. The van der Waals surface area contributed by atoms with Gasteiger partial charge in [0.05, 0.1) is 13.1 Å². The average Bonchev–Trinajstić information content (AvgIpc) is 2.37. The number of quaternary nitrogens is 1. The number of ether oxygens (including phenoxy) is 1. The number of rotatable bonds is 3. The summed E-state index contributed by atoms with van der Waals surface area (Å²) in [5, 5.41) is 30.9. The number of hydrogen-bond donors (Lipinski definition) is 4. The normalized spacial score (nSPS) is 16.7. The van der Waals surface area contributed by atoms with E-state index in [0.717, 1.165) is 38.1 Å². The summed E-state index contributed by atoms with van der Waals surface area (Å²) < 4.78 is 5.51. The van der Waals surface area contributed by atoms with Crippen LogP contribution in [0.5, 0.6) is 17.2 Å². The number of carbonyl (C=O) groups excluding carboxylic acids is 1. The maximum absolute atomic E-state index is 12.2. The summed E-state index contributed by atoms with van der Waals surface area (Å²) in [6.45, 7) is 5.69. The molecule has 0 spiro atoms. The Bertz CT molecular complexity index is 512. The molecule has 1 fully saturated rings. The molecule has 1 aromatic rings. The van der Waals surface area contributed by atoms with E-state index in [4.69, 9.17) is 4.74 Å². The number of aromatic hydroxyl groups is 3. The molecule has 0 atom stereocenters. The molecule has 0 radical (unpaired) electrons. The Labute approximate surface area is 123 Å². The number of nitrogens with two attached hydrogens (primary N) is 1. The Morgan fingerprint density at radius 2 is 1.71 bits per heavy atom. The molecule has 0 bridgehead atoms. The lowest BCUT2D eigenvalue weighted by Gasteiger charge is -2.35. The van der Waals surface area contributed by atoms with Crippen molar-refractivity contribution in [2.24, 2.45) is 5.92 Å². The van der Waals surface area contributed by atoms with Gasteiger partial charge in [0, 0.05) is 30.9 Å². The fourth-order valence-electron chi connectivity index (χ4n) is 2.80. The van der Waals surface area contributed by atoms with Gasteiger partial charge in [-0.05, 0) is 13.8 Å². The van der Waals surface area contributed by atoms with Crippen LogP contribution in [0.3, 0.4) is 0 Å². The highest BCUT2D eigenvalue weighted by Crippen LogP contribution is 2.35. The molecule has 1 heterocycles. The van der Waals surface area contributed by atoms with Crippen LogP contribution < -0.4 is 5.32 Å².